The molecule has 0 amide bonds. The molecule has 2 aromatic rings. The average molecular weight is 388 g/mol. The van der Waals surface area contributed by atoms with Crippen molar-refractivity contribution in [2.45, 2.75) is 13.5 Å². The predicted molar refractivity (Wildman–Crippen MR) is 95.5 cm³/mol. The lowest BCUT2D eigenvalue weighted by molar-refractivity contribution is 0.0697. The average Bonchev–Trinajstić information content (AvgIpc) is 2.55. The van der Waals surface area contributed by atoms with Gasteiger partial charge < -0.3 is 5.11 Å². The second-order valence-corrected chi connectivity index (χ2v) is 7.97. The van der Waals surface area contributed by atoms with Crippen molar-refractivity contribution in [3.8, 4) is 0 Å². The Morgan fingerprint density at radius 1 is 1.12 bits per heavy atom. The van der Waals surface area contributed by atoms with Crippen molar-refractivity contribution in [3.63, 3.8) is 0 Å². The van der Waals surface area contributed by atoms with E-state index < -0.39 is 16.0 Å². The van der Waals surface area contributed by atoms with Crippen LogP contribution in [0.3, 0.4) is 0 Å². The molecule has 0 spiro atoms. The first-order valence-corrected chi connectivity index (χ1v) is 9.39. The number of nitrogens with zero attached hydrogens (tertiary/aromatic N) is 1. The van der Waals surface area contributed by atoms with E-state index in [9.17, 15) is 18.3 Å². The number of sulfonamides is 1. The molecule has 2 rings (SSSR count). The summed E-state index contributed by atoms with van der Waals surface area (Å²) in [5, 5.41) is 10.00. The minimum absolute atomic E-state index is 0.0443. The van der Waals surface area contributed by atoms with Gasteiger partial charge in [-0.05, 0) is 36.8 Å². The van der Waals surface area contributed by atoms with Crippen LogP contribution in [0, 0.1) is 0 Å². The molecule has 0 aliphatic carbocycles. The van der Waals surface area contributed by atoms with Gasteiger partial charge in [0.05, 0.1) is 33.6 Å². The van der Waals surface area contributed by atoms with E-state index in [1.54, 1.807) is 30.3 Å². The highest BCUT2D eigenvalue weighted by Gasteiger charge is 2.25. The maximum absolute atomic E-state index is 12.5. The Hall–Kier alpha value is -1.76. The molecule has 0 saturated heterocycles. The summed E-state index contributed by atoms with van der Waals surface area (Å²) >= 11 is 11.9. The molecule has 0 aliphatic rings. The van der Waals surface area contributed by atoms with E-state index in [4.69, 9.17) is 23.2 Å². The molecule has 0 atom stereocenters. The molecule has 0 heterocycles. The van der Waals surface area contributed by atoms with Crippen LogP contribution in [0.25, 0.3) is 0 Å². The normalized spacial score (nSPS) is 11.3. The molecule has 0 fully saturated rings. The highest BCUT2D eigenvalue weighted by Crippen LogP contribution is 2.28. The summed E-state index contributed by atoms with van der Waals surface area (Å²) in [4.78, 5) is 11.4. The maximum Gasteiger partial charge on any atom is 0.337 e. The van der Waals surface area contributed by atoms with Crippen LogP contribution >= 0.6 is 23.2 Å². The summed E-state index contributed by atoms with van der Waals surface area (Å²) in [6.07, 6.45) is 0. The first-order valence-electron chi connectivity index (χ1n) is 7.03. The van der Waals surface area contributed by atoms with E-state index in [-0.39, 0.29) is 23.5 Å². The third-order valence-corrected chi connectivity index (χ3v) is 5.88. The molecule has 0 bridgehead atoms. The molecule has 0 unspecified atom stereocenters. The Morgan fingerprint density at radius 3 is 2.38 bits per heavy atom. The molecule has 1 N–H and O–H groups in total. The molecule has 8 heteroatoms. The van der Waals surface area contributed by atoms with Crippen molar-refractivity contribution in [3.05, 3.63) is 63.6 Å². The van der Waals surface area contributed by atoms with Crippen molar-refractivity contribution < 1.29 is 18.3 Å². The van der Waals surface area contributed by atoms with Gasteiger partial charge in [0.2, 0.25) is 10.0 Å². The lowest BCUT2D eigenvalue weighted by atomic mass is 10.1. The van der Waals surface area contributed by atoms with Crippen molar-refractivity contribution in [2.24, 2.45) is 0 Å². The smallest absolute Gasteiger partial charge is 0.337 e. The Labute approximate surface area is 150 Å². The Kier molecular flexibility index (Phi) is 5.74. The molecular weight excluding hydrogens is 373 g/mol. The van der Waals surface area contributed by atoms with Gasteiger partial charge in [-0.25, -0.2) is 13.2 Å². The van der Waals surface area contributed by atoms with Gasteiger partial charge in [-0.15, -0.1) is 0 Å². The molecule has 24 heavy (non-hydrogen) atoms. The predicted octanol–water partition coefficient (Wildman–Crippen LogP) is 4.05. The van der Waals surface area contributed by atoms with Gasteiger partial charge in [0, 0.05) is 0 Å². The van der Waals surface area contributed by atoms with Crippen LogP contribution < -0.4 is 4.31 Å². The van der Waals surface area contributed by atoms with Gasteiger partial charge in [0.1, 0.15) is 0 Å². The quantitative estimate of drug-likeness (QED) is 0.810. The minimum Gasteiger partial charge on any atom is -0.478 e. The molecular formula is C16H15Cl2NO4S. The Balaban J connectivity index is 2.55. The molecule has 0 aromatic heterocycles. The monoisotopic (exact) mass is 387 g/mol. The summed E-state index contributed by atoms with van der Waals surface area (Å²) in [5.74, 6) is -1.36. The lowest BCUT2D eigenvalue weighted by Gasteiger charge is -2.25. The topological polar surface area (TPSA) is 74.7 Å². The zero-order valence-corrected chi connectivity index (χ0v) is 15.1. The van der Waals surface area contributed by atoms with Gasteiger partial charge in [0.15, 0.2) is 0 Å². The lowest BCUT2D eigenvalue weighted by Crippen LogP contribution is -2.33. The number of aromatic carboxylic acids is 1. The van der Waals surface area contributed by atoms with Crippen LogP contribution in [0.1, 0.15) is 22.8 Å². The zero-order chi connectivity index (χ0) is 17.9. The fraction of sp³-hybridized carbons (Fsp3) is 0.188. The third kappa shape index (κ3) is 4.01. The van der Waals surface area contributed by atoms with Gasteiger partial charge in [0.25, 0.3) is 0 Å². The van der Waals surface area contributed by atoms with Gasteiger partial charge in [-0.3, -0.25) is 4.31 Å². The van der Waals surface area contributed by atoms with E-state index in [1.165, 1.54) is 19.1 Å². The second kappa shape index (κ2) is 7.42. The standard InChI is InChI=1S/C16H15Cl2NO4S/c1-2-24(22,23)19(10-11-7-8-13(17)14(18)9-11)15-6-4-3-5-12(15)16(20)21/h3-9H,2,10H2,1H3,(H,20,21). The van der Waals surface area contributed by atoms with Crippen molar-refractivity contribution in [1.82, 2.24) is 0 Å². The number of carboxylic acids is 1. The fourth-order valence-corrected chi connectivity index (χ4v) is 3.60. The van der Waals surface area contributed by atoms with E-state index in [2.05, 4.69) is 0 Å². The summed E-state index contributed by atoms with van der Waals surface area (Å²) < 4.78 is 26.1. The second-order valence-electron chi connectivity index (χ2n) is 4.98. The van der Waals surface area contributed by atoms with Crippen LogP contribution in [-0.2, 0) is 16.6 Å². The Bertz CT molecular complexity index is 868. The summed E-state index contributed by atoms with van der Waals surface area (Å²) in [6, 6.07) is 10.7. The van der Waals surface area contributed by atoms with E-state index in [1.807, 2.05) is 0 Å². The number of carboxylic acid groups (broad SMARTS) is 1. The number of halogens is 2. The van der Waals surface area contributed by atoms with E-state index in [0.717, 1.165) is 4.31 Å². The number of para-hydroxylation sites is 1. The van der Waals surface area contributed by atoms with Crippen LogP contribution in [-0.4, -0.2) is 25.2 Å². The molecule has 2 aromatic carbocycles. The summed E-state index contributed by atoms with van der Waals surface area (Å²) in [5.41, 5.74) is 0.620. The number of hydrogen-bond acceptors (Lipinski definition) is 3. The molecule has 0 radical (unpaired) electrons. The SMILES string of the molecule is CCS(=O)(=O)N(Cc1ccc(Cl)c(Cl)c1)c1ccccc1C(=O)O. The minimum atomic E-state index is -3.70. The number of rotatable bonds is 6. The van der Waals surface area contributed by atoms with Crippen molar-refractivity contribution >= 4 is 44.9 Å². The summed E-state index contributed by atoms with van der Waals surface area (Å²) in [6.45, 7) is 1.46. The highest BCUT2D eigenvalue weighted by atomic mass is 35.5. The largest absolute Gasteiger partial charge is 0.478 e. The number of carbonyl (C=O) groups is 1. The number of anilines is 1. The first-order chi connectivity index (χ1) is 11.3. The fourth-order valence-electron chi connectivity index (χ4n) is 2.16. The number of hydrogen-bond donors (Lipinski definition) is 1. The number of benzene rings is 2. The van der Waals surface area contributed by atoms with Gasteiger partial charge in [-0.1, -0.05) is 41.4 Å². The van der Waals surface area contributed by atoms with E-state index in [0.29, 0.717) is 15.6 Å². The van der Waals surface area contributed by atoms with Crippen molar-refractivity contribution in [1.29, 1.82) is 0 Å². The third-order valence-electron chi connectivity index (χ3n) is 3.41. The van der Waals surface area contributed by atoms with Gasteiger partial charge >= 0.3 is 5.97 Å². The van der Waals surface area contributed by atoms with E-state index >= 15 is 0 Å². The van der Waals surface area contributed by atoms with Gasteiger partial charge in [-0.2, -0.15) is 0 Å². The molecule has 0 aliphatic heterocycles. The van der Waals surface area contributed by atoms with Crippen LogP contribution in [0.15, 0.2) is 42.5 Å². The maximum atomic E-state index is 12.5. The summed E-state index contributed by atoms with van der Waals surface area (Å²) in [7, 11) is -3.70. The van der Waals surface area contributed by atoms with Crippen LogP contribution in [0.4, 0.5) is 5.69 Å². The molecule has 5 nitrogen and oxygen atoms in total. The highest BCUT2D eigenvalue weighted by molar-refractivity contribution is 7.92. The van der Waals surface area contributed by atoms with Crippen LogP contribution in [0.5, 0.6) is 0 Å². The van der Waals surface area contributed by atoms with Crippen molar-refractivity contribution in [2.75, 3.05) is 10.1 Å². The Morgan fingerprint density at radius 2 is 1.79 bits per heavy atom. The first kappa shape index (κ1) is 18.6. The zero-order valence-electron chi connectivity index (χ0n) is 12.7. The molecule has 0 saturated carbocycles. The van der Waals surface area contributed by atoms with Crippen LogP contribution in [0.2, 0.25) is 10.0 Å². The molecule has 128 valence electrons.